The first-order chi connectivity index (χ1) is 15.3. The monoisotopic (exact) mass is 456 g/mol. The number of nitrogens with two attached hydrogens (primary N) is 1. The third-order valence-corrected chi connectivity index (χ3v) is 6.57. The summed E-state index contributed by atoms with van der Waals surface area (Å²) in [5.74, 6) is 0.652. The van der Waals surface area contributed by atoms with Crippen molar-refractivity contribution in [2.45, 2.75) is 39.3 Å². The van der Waals surface area contributed by atoms with Gasteiger partial charge in [0.1, 0.15) is 0 Å². The molecule has 0 saturated carbocycles. The zero-order valence-corrected chi connectivity index (χ0v) is 20.6. The van der Waals surface area contributed by atoms with Crippen LogP contribution in [0.15, 0.2) is 48.5 Å². The number of carbonyl (C=O) groups excluding carboxylic acids is 1. The van der Waals surface area contributed by atoms with Crippen molar-refractivity contribution < 1.29 is 4.79 Å². The number of halogens is 1. The zero-order chi connectivity index (χ0) is 23.3. The first-order valence-corrected chi connectivity index (χ1v) is 12.0. The third-order valence-electron chi connectivity index (χ3n) is 6.32. The molecule has 2 unspecified atom stereocenters. The van der Waals surface area contributed by atoms with Crippen LogP contribution < -0.4 is 10.6 Å². The number of nitrogens with zero attached hydrogens (tertiary/aromatic N) is 3. The van der Waals surface area contributed by atoms with Gasteiger partial charge in [0.2, 0.25) is 5.91 Å². The maximum Gasteiger partial charge on any atom is 0.239 e. The molecule has 0 aromatic heterocycles. The lowest BCUT2D eigenvalue weighted by Crippen LogP contribution is -2.54. The maximum absolute atomic E-state index is 12.9. The van der Waals surface area contributed by atoms with Crippen molar-refractivity contribution >= 4 is 23.2 Å². The van der Waals surface area contributed by atoms with Crippen LogP contribution in [0, 0.1) is 5.92 Å². The highest BCUT2D eigenvalue weighted by Gasteiger charge is 2.27. The fraction of sp³-hybridized carbons (Fsp3) is 0.500. The Balaban J connectivity index is 1.61. The van der Waals surface area contributed by atoms with E-state index in [4.69, 9.17) is 17.3 Å². The summed E-state index contributed by atoms with van der Waals surface area (Å²) in [6, 6.07) is 16.0. The summed E-state index contributed by atoms with van der Waals surface area (Å²) >= 11 is 5.95. The summed E-state index contributed by atoms with van der Waals surface area (Å²) in [4.78, 5) is 19.7. The smallest absolute Gasteiger partial charge is 0.239 e. The van der Waals surface area contributed by atoms with E-state index in [-0.39, 0.29) is 5.91 Å². The number of hydrogen-bond donors (Lipinski definition) is 1. The van der Waals surface area contributed by atoms with E-state index < -0.39 is 6.04 Å². The van der Waals surface area contributed by atoms with Crippen molar-refractivity contribution in [3.8, 4) is 0 Å². The second-order valence-electron chi connectivity index (χ2n) is 9.32. The van der Waals surface area contributed by atoms with Gasteiger partial charge in [0.05, 0.1) is 6.04 Å². The van der Waals surface area contributed by atoms with Gasteiger partial charge >= 0.3 is 0 Å². The molecule has 1 heterocycles. The van der Waals surface area contributed by atoms with Crippen molar-refractivity contribution in [3.05, 3.63) is 64.7 Å². The Kier molecular flexibility index (Phi) is 8.57. The van der Waals surface area contributed by atoms with E-state index >= 15 is 0 Å². The molecule has 32 heavy (non-hydrogen) atoms. The molecule has 0 spiro atoms. The van der Waals surface area contributed by atoms with Crippen molar-refractivity contribution in [2.24, 2.45) is 11.7 Å². The van der Waals surface area contributed by atoms with E-state index in [0.29, 0.717) is 36.5 Å². The topological polar surface area (TPSA) is 52.8 Å². The minimum atomic E-state index is -0.528. The van der Waals surface area contributed by atoms with Gasteiger partial charge in [-0.05, 0) is 55.6 Å². The molecule has 0 aliphatic carbocycles. The van der Waals surface area contributed by atoms with Gasteiger partial charge in [-0.2, -0.15) is 0 Å². The van der Waals surface area contributed by atoms with Crippen LogP contribution in [-0.4, -0.2) is 61.5 Å². The highest BCUT2D eigenvalue weighted by Crippen LogP contribution is 2.30. The molecule has 174 valence electrons. The lowest BCUT2D eigenvalue weighted by molar-refractivity contribution is -0.132. The van der Waals surface area contributed by atoms with Crippen molar-refractivity contribution in [3.63, 3.8) is 0 Å². The van der Waals surface area contributed by atoms with Crippen molar-refractivity contribution in [2.75, 3.05) is 44.7 Å². The average molecular weight is 457 g/mol. The van der Waals surface area contributed by atoms with Gasteiger partial charge in [0.25, 0.3) is 0 Å². The van der Waals surface area contributed by atoms with E-state index in [9.17, 15) is 4.79 Å². The van der Waals surface area contributed by atoms with E-state index in [0.717, 1.165) is 25.2 Å². The molecular formula is C26H37ClN4O. The number of benzene rings is 2. The summed E-state index contributed by atoms with van der Waals surface area (Å²) in [5.41, 5.74) is 9.90. The van der Waals surface area contributed by atoms with Crippen LogP contribution in [0.25, 0.3) is 0 Å². The predicted molar refractivity (Wildman–Crippen MR) is 134 cm³/mol. The van der Waals surface area contributed by atoms with Crippen molar-refractivity contribution in [1.82, 2.24) is 9.80 Å². The molecule has 2 aromatic carbocycles. The largest absolute Gasteiger partial charge is 0.368 e. The molecule has 1 aliphatic heterocycles. The normalized spacial score (nSPS) is 16.5. The number of hydrogen-bond acceptors (Lipinski definition) is 4. The van der Waals surface area contributed by atoms with Crippen molar-refractivity contribution in [1.29, 1.82) is 0 Å². The Morgan fingerprint density at radius 3 is 2.28 bits per heavy atom. The third kappa shape index (κ3) is 6.25. The molecule has 6 heteroatoms. The van der Waals surface area contributed by atoms with Crippen LogP contribution in [0.1, 0.15) is 37.9 Å². The quantitative estimate of drug-likeness (QED) is 0.646. The van der Waals surface area contributed by atoms with Gasteiger partial charge in [-0.3, -0.25) is 9.69 Å². The highest BCUT2D eigenvalue weighted by atomic mass is 35.5. The lowest BCUT2D eigenvalue weighted by atomic mass is 10.0. The fourth-order valence-corrected chi connectivity index (χ4v) is 4.59. The van der Waals surface area contributed by atoms with E-state index in [1.165, 1.54) is 11.3 Å². The molecule has 2 N–H and O–H groups in total. The molecule has 0 bridgehead atoms. The number of piperazine rings is 1. The maximum atomic E-state index is 12.9. The molecule has 0 radical (unpaired) electrons. The average Bonchev–Trinajstić information content (AvgIpc) is 2.79. The van der Waals surface area contributed by atoms with Gasteiger partial charge in [-0.1, -0.05) is 55.8 Å². The van der Waals surface area contributed by atoms with Crippen LogP contribution >= 0.6 is 11.6 Å². The van der Waals surface area contributed by atoms with Gasteiger partial charge in [-0.15, -0.1) is 0 Å². The predicted octanol–water partition coefficient (Wildman–Crippen LogP) is 4.21. The van der Waals surface area contributed by atoms with Crippen LogP contribution in [0.5, 0.6) is 0 Å². The van der Waals surface area contributed by atoms with Gasteiger partial charge in [-0.25, -0.2) is 0 Å². The molecule has 3 rings (SSSR count). The van der Waals surface area contributed by atoms with Crippen LogP contribution in [0.2, 0.25) is 5.02 Å². The molecule has 1 fully saturated rings. The number of rotatable bonds is 8. The number of para-hydroxylation sites is 1. The SMILES string of the molecule is CC(C)CN(C)C(C)c1ccccc1N1CCN(C(=O)C(N)Cc2ccc(Cl)cc2)CC1. The lowest BCUT2D eigenvalue weighted by Gasteiger charge is -2.39. The van der Waals surface area contributed by atoms with E-state index in [1.54, 1.807) is 0 Å². The van der Waals surface area contributed by atoms with Gasteiger partial charge in [0.15, 0.2) is 0 Å². The minimum absolute atomic E-state index is 0.0259. The second kappa shape index (κ2) is 11.2. The Morgan fingerprint density at radius 2 is 1.66 bits per heavy atom. The van der Waals surface area contributed by atoms with E-state index in [1.807, 2.05) is 29.2 Å². The van der Waals surface area contributed by atoms with Gasteiger partial charge in [0, 0.05) is 49.5 Å². The fourth-order valence-electron chi connectivity index (χ4n) is 4.46. The Labute approximate surface area is 198 Å². The molecule has 2 atom stereocenters. The summed E-state index contributed by atoms with van der Waals surface area (Å²) in [6.45, 7) is 10.9. The summed E-state index contributed by atoms with van der Waals surface area (Å²) in [5, 5.41) is 0.690. The first-order valence-electron chi connectivity index (χ1n) is 11.6. The molecule has 2 aromatic rings. The zero-order valence-electron chi connectivity index (χ0n) is 19.8. The molecule has 5 nitrogen and oxygen atoms in total. The minimum Gasteiger partial charge on any atom is -0.368 e. The van der Waals surface area contributed by atoms with Gasteiger partial charge < -0.3 is 15.5 Å². The summed E-state index contributed by atoms with van der Waals surface area (Å²) in [6.07, 6.45) is 0.527. The van der Waals surface area contributed by atoms with Crippen LogP contribution in [0.3, 0.4) is 0 Å². The Bertz CT molecular complexity index is 878. The van der Waals surface area contributed by atoms with Crippen LogP contribution in [-0.2, 0) is 11.2 Å². The number of carbonyl (C=O) groups is 1. The molecular weight excluding hydrogens is 420 g/mol. The highest BCUT2D eigenvalue weighted by molar-refractivity contribution is 6.30. The standard InChI is InChI=1S/C26H37ClN4O/c1-19(2)18-29(4)20(3)23-7-5-6-8-25(23)30-13-15-31(16-14-30)26(32)24(28)17-21-9-11-22(27)12-10-21/h5-12,19-20,24H,13-18,28H2,1-4H3. The van der Waals surface area contributed by atoms with Crippen LogP contribution in [0.4, 0.5) is 5.69 Å². The Hall–Kier alpha value is -2.08. The number of anilines is 1. The summed E-state index contributed by atoms with van der Waals surface area (Å²) < 4.78 is 0. The number of amides is 1. The molecule has 1 saturated heterocycles. The second-order valence-corrected chi connectivity index (χ2v) is 9.75. The molecule has 1 aliphatic rings. The summed E-state index contributed by atoms with van der Waals surface area (Å²) in [7, 11) is 2.19. The first kappa shape index (κ1) is 24.6. The Morgan fingerprint density at radius 1 is 1.03 bits per heavy atom. The van der Waals surface area contributed by atoms with E-state index in [2.05, 4.69) is 61.9 Å². The molecule has 1 amide bonds.